The van der Waals surface area contributed by atoms with E-state index in [1.54, 1.807) is 11.4 Å². The molecule has 0 spiro atoms. The molecule has 0 fully saturated rings. The fourth-order valence-corrected chi connectivity index (χ4v) is 4.53. The van der Waals surface area contributed by atoms with Gasteiger partial charge < -0.3 is 5.32 Å². The number of benzene rings is 2. The predicted octanol–water partition coefficient (Wildman–Crippen LogP) is 2.93. The van der Waals surface area contributed by atoms with Crippen LogP contribution >= 0.6 is 11.3 Å². The van der Waals surface area contributed by atoms with Crippen LogP contribution in [0.5, 0.6) is 0 Å². The molecule has 2 aromatic carbocycles. The highest BCUT2D eigenvalue weighted by Gasteiger charge is 2.20. The number of hydrogen-bond donors (Lipinski definition) is 2. The topological polar surface area (TPSA) is 75.3 Å². The van der Waals surface area contributed by atoms with E-state index in [0.29, 0.717) is 0 Å². The van der Waals surface area contributed by atoms with Gasteiger partial charge in [-0.1, -0.05) is 66.7 Å². The summed E-state index contributed by atoms with van der Waals surface area (Å²) in [7, 11) is -3.67. The number of carbonyl (C=O) groups is 1. The van der Waals surface area contributed by atoms with Crippen molar-refractivity contribution in [1.29, 1.82) is 0 Å². The largest absolute Gasteiger partial charge is 0.344 e. The van der Waals surface area contributed by atoms with Crippen LogP contribution in [0.15, 0.2) is 82.4 Å². The molecule has 0 aliphatic rings. The lowest BCUT2D eigenvalue weighted by atomic mass is 9.99. The van der Waals surface area contributed by atoms with E-state index in [1.807, 2.05) is 60.7 Å². The first kappa shape index (κ1) is 18.3. The maximum absolute atomic E-state index is 12.4. The number of carbonyl (C=O) groups excluding carboxylic acids is 1. The molecule has 7 heteroatoms. The SMILES string of the molecule is O=C(CNS(=O)(=O)c1cccs1)NC(c1ccccc1)c1ccccc1. The fraction of sp³-hybridized carbons (Fsp3) is 0.105. The van der Waals surface area contributed by atoms with Gasteiger partial charge >= 0.3 is 0 Å². The Morgan fingerprint density at radius 2 is 1.46 bits per heavy atom. The smallest absolute Gasteiger partial charge is 0.250 e. The molecular formula is C19H18N2O3S2. The maximum Gasteiger partial charge on any atom is 0.250 e. The van der Waals surface area contributed by atoms with E-state index in [1.165, 1.54) is 6.07 Å². The van der Waals surface area contributed by atoms with Crippen LogP contribution in [0.25, 0.3) is 0 Å². The average Bonchev–Trinajstić information content (AvgIpc) is 3.22. The van der Waals surface area contributed by atoms with Crippen LogP contribution in [-0.2, 0) is 14.8 Å². The molecule has 1 amide bonds. The van der Waals surface area contributed by atoms with Gasteiger partial charge in [-0.2, -0.15) is 0 Å². The zero-order chi connectivity index (χ0) is 18.4. The highest BCUT2D eigenvalue weighted by atomic mass is 32.2. The summed E-state index contributed by atoms with van der Waals surface area (Å²) >= 11 is 1.11. The van der Waals surface area contributed by atoms with Gasteiger partial charge in [-0.05, 0) is 22.6 Å². The van der Waals surface area contributed by atoms with Gasteiger partial charge in [-0.15, -0.1) is 11.3 Å². The molecule has 3 rings (SSSR count). The first-order valence-electron chi connectivity index (χ1n) is 7.99. The molecule has 1 heterocycles. The highest BCUT2D eigenvalue weighted by molar-refractivity contribution is 7.91. The average molecular weight is 386 g/mol. The van der Waals surface area contributed by atoms with Crippen molar-refractivity contribution in [3.8, 4) is 0 Å². The highest BCUT2D eigenvalue weighted by Crippen LogP contribution is 2.21. The van der Waals surface area contributed by atoms with Gasteiger partial charge in [0.15, 0.2) is 0 Å². The third kappa shape index (κ3) is 4.57. The van der Waals surface area contributed by atoms with Crippen LogP contribution in [-0.4, -0.2) is 20.9 Å². The Labute approximate surface area is 156 Å². The molecule has 0 unspecified atom stereocenters. The molecule has 1 aromatic heterocycles. The molecule has 26 heavy (non-hydrogen) atoms. The van der Waals surface area contributed by atoms with E-state index in [2.05, 4.69) is 10.0 Å². The third-order valence-corrected chi connectivity index (χ3v) is 6.55. The number of sulfonamides is 1. The lowest BCUT2D eigenvalue weighted by molar-refractivity contribution is -0.120. The van der Waals surface area contributed by atoms with Crippen molar-refractivity contribution in [2.75, 3.05) is 6.54 Å². The van der Waals surface area contributed by atoms with Crippen LogP contribution < -0.4 is 10.0 Å². The van der Waals surface area contributed by atoms with E-state index < -0.39 is 15.9 Å². The van der Waals surface area contributed by atoms with Gasteiger partial charge in [0.1, 0.15) is 4.21 Å². The summed E-state index contributed by atoms with van der Waals surface area (Å²) < 4.78 is 26.8. The molecule has 0 saturated heterocycles. The number of nitrogens with one attached hydrogen (secondary N) is 2. The molecule has 0 radical (unpaired) electrons. The summed E-state index contributed by atoms with van der Waals surface area (Å²) in [5.74, 6) is -0.400. The fourth-order valence-electron chi connectivity index (χ4n) is 2.51. The Morgan fingerprint density at radius 3 is 1.96 bits per heavy atom. The molecule has 0 aliphatic heterocycles. The second-order valence-corrected chi connectivity index (χ2v) is 8.52. The van der Waals surface area contributed by atoms with Gasteiger partial charge in [0.25, 0.3) is 10.0 Å². The van der Waals surface area contributed by atoms with Gasteiger partial charge in [0.05, 0.1) is 12.6 Å². The Hall–Kier alpha value is -2.48. The summed E-state index contributed by atoms with van der Waals surface area (Å²) in [6.07, 6.45) is 0. The molecule has 0 bridgehead atoms. The Morgan fingerprint density at radius 1 is 0.885 bits per heavy atom. The van der Waals surface area contributed by atoms with Crippen LogP contribution in [0.2, 0.25) is 0 Å². The molecule has 3 aromatic rings. The van der Waals surface area contributed by atoms with Gasteiger partial charge in [0.2, 0.25) is 5.91 Å². The zero-order valence-corrected chi connectivity index (χ0v) is 15.5. The maximum atomic E-state index is 12.4. The van der Waals surface area contributed by atoms with E-state index in [0.717, 1.165) is 22.5 Å². The van der Waals surface area contributed by atoms with Crippen LogP contribution in [0, 0.1) is 0 Å². The molecule has 0 atom stereocenters. The minimum absolute atomic E-state index is 0.188. The monoisotopic (exact) mass is 386 g/mol. The van der Waals surface area contributed by atoms with Gasteiger partial charge in [0, 0.05) is 0 Å². The molecule has 134 valence electrons. The quantitative estimate of drug-likeness (QED) is 0.656. The van der Waals surface area contributed by atoms with Crippen LogP contribution in [0.3, 0.4) is 0 Å². The first-order valence-corrected chi connectivity index (χ1v) is 10.3. The van der Waals surface area contributed by atoms with Gasteiger partial charge in [-0.25, -0.2) is 13.1 Å². The molecule has 0 saturated carbocycles. The summed E-state index contributed by atoms with van der Waals surface area (Å²) in [4.78, 5) is 12.4. The number of thiophene rings is 1. The van der Waals surface area contributed by atoms with Crippen LogP contribution in [0.1, 0.15) is 17.2 Å². The second-order valence-electron chi connectivity index (χ2n) is 5.58. The molecule has 0 aliphatic carbocycles. The lowest BCUT2D eigenvalue weighted by Gasteiger charge is -2.20. The molecular weight excluding hydrogens is 368 g/mol. The minimum Gasteiger partial charge on any atom is -0.344 e. The predicted molar refractivity (Wildman–Crippen MR) is 102 cm³/mol. The summed E-state index contributed by atoms with van der Waals surface area (Å²) in [5, 5.41) is 4.58. The van der Waals surface area contributed by atoms with Crippen molar-refractivity contribution < 1.29 is 13.2 Å². The Balaban J connectivity index is 1.72. The van der Waals surface area contributed by atoms with Crippen molar-refractivity contribution >= 4 is 27.3 Å². The summed E-state index contributed by atoms with van der Waals surface area (Å²) in [6, 6.07) is 21.9. The molecule has 5 nitrogen and oxygen atoms in total. The van der Waals surface area contributed by atoms with E-state index in [-0.39, 0.29) is 16.8 Å². The summed E-state index contributed by atoms with van der Waals surface area (Å²) in [6.45, 7) is -0.323. The standard InChI is InChI=1S/C19H18N2O3S2/c22-17(14-20-26(23,24)18-12-7-13-25-18)21-19(15-8-3-1-4-9-15)16-10-5-2-6-11-16/h1-13,19-20H,14H2,(H,21,22). The zero-order valence-electron chi connectivity index (χ0n) is 13.8. The number of amides is 1. The minimum atomic E-state index is -3.67. The summed E-state index contributed by atoms with van der Waals surface area (Å²) in [5.41, 5.74) is 1.85. The van der Waals surface area contributed by atoms with E-state index in [4.69, 9.17) is 0 Å². The Kier molecular flexibility index (Phi) is 5.82. The molecule has 2 N–H and O–H groups in total. The Bertz CT molecular complexity index is 901. The van der Waals surface area contributed by atoms with E-state index >= 15 is 0 Å². The van der Waals surface area contributed by atoms with Crippen molar-refractivity contribution in [2.24, 2.45) is 0 Å². The van der Waals surface area contributed by atoms with Crippen LogP contribution in [0.4, 0.5) is 0 Å². The van der Waals surface area contributed by atoms with Crippen molar-refractivity contribution in [1.82, 2.24) is 10.0 Å². The number of hydrogen-bond acceptors (Lipinski definition) is 4. The van der Waals surface area contributed by atoms with E-state index in [9.17, 15) is 13.2 Å². The second kappa shape index (κ2) is 8.27. The van der Waals surface area contributed by atoms with Gasteiger partial charge in [-0.3, -0.25) is 4.79 Å². The van der Waals surface area contributed by atoms with Crippen molar-refractivity contribution in [2.45, 2.75) is 10.3 Å². The van der Waals surface area contributed by atoms with Crippen molar-refractivity contribution in [3.63, 3.8) is 0 Å². The first-order chi connectivity index (χ1) is 12.6. The number of rotatable bonds is 7. The van der Waals surface area contributed by atoms with Crippen molar-refractivity contribution in [3.05, 3.63) is 89.3 Å². The lowest BCUT2D eigenvalue weighted by Crippen LogP contribution is -2.38. The normalized spacial score (nSPS) is 11.4. The third-order valence-electron chi connectivity index (χ3n) is 3.75.